The van der Waals surface area contributed by atoms with E-state index >= 15 is 0 Å². The van der Waals surface area contributed by atoms with Gasteiger partial charge in [-0.15, -0.1) is 0 Å². The van der Waals surface area contributed by atoms with Crippen molar-refractivity contribution in [1.82, 2.24) is 15.6 Å². The Morgan fingerprint density at radius 2 is 1.90 bits per heavy atom. The highest BCUT2D eigenvalue weighted by Gasteiger charge is 2.21. The van der Waals surface area contributed by atoms with Crippen LogP contribution in [-0.2, 0) is 9.59 Å². The zero-order valence-corrected chi connectivity index (χ0v) is 17.7. The van der Waals surface area contributed by atoms with E-state index < -0.39 is 0 Å². The summed E-state index contributed by atoms with van der Waals surface area (Å²) in [5.74, 6) is 0.183. The third-order valence-electron chi connectivity index (χ3n) is 4.85. The van der Waals surface area contributed by atoms with Crippen molar-refractivity contribution in [2.24, 2.45) is 10.9 Å². The van der Waals surface area contributed by atoms with Gasteiger partial charge in [0.2, 0.25) is 5.91 Å². The molecule has 2 aromatic rings. The fourth-order valence-electron chi connectivity index (χ4n) is 3.28. The number of likely N-dealkylation sites (N-methyl/N-ethyl adjacent to an activating group) is 1. The molecule has 2 heterocycles. The van der Waals surface area contributed by atoms with Gasteiger partial charge in [0.15, 0.2) is 0 Å². The van der Waals surface area contributed by atoms with E-state index in [9.17, 15) is 9.59 Å². The van der Waals surface area contributed by atoms with Gasteiger partial charge < -0.3 is 16.0 Å². The maximum absolute atomic E-state index is 12.6. The Bertz CT molecular complexity index is 985. The van der Waals surface area contributed by atoms with Crippen molar-refractivity contribution in [3.8, 4) is 11.1 Å². The van der Waals surface area contributed by atoms with Crippen molar-refractivity contribution in [2.45, 2.75) is 19.3 Å². The molecular weight excluding hydrogens is 402 g/mol. The number of anilines is 1. The molecule has 3 N–H and O–H groups in total. The number of hydrogen-bond donors (Lipinski definition) is 3. The monoisotopic (exact) mass is 425 g/mol. The number of rotatable bonds is 6. The van der Waals surface area contributed by atoms with Gasteiger partial charge in [-0.2, -0.15) is 0 Å². The van der Waals surface area contributed by atoms with Crippen LogP contribution in [0.3, 0.4) is 0 Å². The Balaban J connectivity index is 1.63. The van der Waals surface area contributed by atoms with Gasteiger partial charge in [-0.25, -0.2) is 4.99 Å². The number of carbonyl (C=O) groups is 2. The number of hydrogen-bond acceptors (Lipinski definition) is 5. The number of nitrogens with zero attached hydrogens (tertiary/aromatic N) is 2. The van der Waals surface area contributed by atoms with Crippen molar-refractivity contribution >= 4 is 35.3 Å². The van der Waals surface area contributed by atoms with E-state index in [-0.39, 0.29) is 24.2 Å². The second-order valence-electron chi connectivity index (χ2n) is 6.95. The van der Waals surface area contributed by atoms with Crippen LogP contribution in [0.2, 0.25) is 5.02 Å². The van der Waals surface area contributed by atoms with Gasteiger partial charge in [-0.3, -0.25) is 14.6 Å². The molecule has 1 aromatic heterocycles. The van der Waals surface area contributed by atoms with Crippen LogP contribution in [0.15, 0.2) is 59.1 Å². The summed E-state index contributed by atoms with van der Waals surface area (Å²) < 4.78 is 0. The molecule has 0 spiro atoms. The van der Waals surface area contributed by atoms with Crippen LogP contribution in [0.25, 0.3) is 11.1 Å². The molecule has 2 amide bonds. The molecule has 1 aliphatic rings. The summed E-state index contributed by atoms with van der Waals surface area (Å²) in [6.07, 6.45) is 6.57. The van der Waals surface area contributed by atoms with Crippen LogP contribution in [0, 0.1) is 5.92 Å². The highest BCUT2D eigenvalue weighted by Crippen LogP contribution is 2.24. The molecule has 0 fully saturated rings. The van der Waals surface area contributed by atoms with Crippen LogP contribution in [-0.4, -0.2) is 37.1 Å². The van der Waals surface area contributed by atoms with E-state index in [2.05, 4.69) is 25.9 Å². The van der Waals surface area contributed by atoms with Crippen LogP contribution >= 0.6 is 11.6 Å². The van der Waals surface area contributed by atoms with Crippen molar-refractivity contribution < 1.29 is 9.59 Å². The number of nitrogens with one attached hydrogen (secondary N) is 3. The van der Waals surface area contributed by atoms with Gasteiger partial charge in [0.05, 0.1) is 17.5 Å². The van der Waals surface area contributed by atoms with E-state index in [4.69, 9.17) is 11.6 Å². The third-order valence-corrected chi connectivity index (χ3v) is 5.10. The molecule has 1 aromatic carbocycles. The fourth-order valence-corrected chi connectivity index (χ4v) is 3.41. The number of benzene rings is 1. The summed E-state index contributed by atoms with van der Waals surface area (Å²) in [6, 6.07) is 9.31. The molecule has 0 radical (unpaired) electrons. The summed E-state index contributed by atoms with van der Waals surface area (Å²) in [4.78, 5) is 33.2. The third kappa shape index (κ3) is 5.45. The quantitative estimate of drug-likeness (QED) is 0.661. The van der Waals surface area contributed by atoms with Crippen molar-refractivity contribution in [3.05, 3.63) is 59.1 Å². The van der Waals surface area contributed by atoms with Crippen LogP contribution in [0.5, 0.6) is 0 Å². The summed E-state index contributed by atoms with van der Waals surface area (Å²) >= 11 is 5.94. The van der Waals surface area contributed by atoms with Gasteiger partial charge in [0.25, 0.3) is 5.91 Å². The lowest BCUT2D eigenvalue weighted by Gasteiger charge is -2.12. The standard InChI is InChI=1S/C22H24ClN5O2/c1-24-21-19(22(30)25-2)8-3-14(11-27-21)9-20(29)28-18-10-16(12-26-13-18)15-4-6-17(23)7-5-15/h4-7,10-14,24H,3,8-9H2,1-2H3,(H,25,30)(H,28,29). The average Bonchev–Trinajstić information content (AvgIpc) is 2.96. The number of aromatic nitrogens is 1. The first-order valence-corrected chi connectivity index (χ1v) is 10.1. The second kappa shape index (κ2) is 10.0. The summed E-state index contributed by atoms with van der Waals surface area (Å²) in [7, 11) is 3.32. The molecule has 30 heavy (non-hydrogen) atoms. The molecule has 3 rings (SSSR count). The lowest BCUT2D eigenvalue weighted by molar-refractivity contribution is -0.117. The lowest BCUT2D eigenvalue weighted by atomic mass is 9.97. The van der Waals surface area contributed by atoms with Gasteiger partial charge >= 0.3 is 0 Å². The molecule has 0 saturated carbocycles. The fraction of sp³-hybridized carbons (Fsp3) is 0.273. The number of carbonyl (C=O) groups excluding carboxylic acids is 2. The highest BCUT2D eigenvalue weighted by molar-refractivity contribution is 6.30. The van der Waals surface area contributed by atoms with E-state index in [1.807, 2.05) is 30.3 Å². The smallest absolute Gasteiger partial charge is 0.250 e. The molecule has 0 bridgehead atoms. The van der Waals surface area contributed by atoms with Gasteiger partial charge in [-0.1, -0.05) is 23.7 Å². The lowest BCUT2D eigenvalue weighted by Crippen LogP contribution is -2.23. The van der Waals surface area contributed by atoms with E-state index in [0.717, 1.165) is 11.1 Å². The Kier molecular flexibility index (Phi) is 7.19. The molecular formula is C22H24ClN5O2. The zero-order chi connectivity index (χ0) is 21.5. The zero-order valence-electron chi connectivity index (χ0n) is 16.9. The highest BCUT2D eigenvalue weighted by atomic mass is 35.5. The Hall–Kier alpha value is -3.19. The summed E-state index contributed by atoms with van der Waals surface area (Å²) in [5.41, 5.74) is 3.07. The predicted molar refractivity (Wildman–Crippen MR) is 119 cm³/mol. The number of halogens is 1. The second-order valence-corrected chi connectivity index (χ2v) is 7.39. The van der Waals surface area contributed by atoms with Gasteiger partial charge in [0.1, 0.15) is 5.82 Å². The molecule has 0 saturated heterocycles. The number of amides is 2. The predicted octanol–water partition coefficient (Wildman–Crippen LogP) is 3.39. The van der Waals surface area contributed by atoms with Gasteiger partial charge in [-0.05, 0) is 36.6 Å². The Labute approximate surface area is 180 Å². The van der Waals surface area contributed by atoms with Gasteiger partial charge in [0, 0.05) is 49.4 Å². The van der Waals surface area contributed by atoms with Crippen LogP contribution in [0.1, 0.15) is 19.3 Å². The van der Waals surface area contributed by atoms with Crippen molar-refractivity contribution in [3.63, 3.8) is 0 Å². The Morgan fingerprint density at radius 1 is 1.13 bits per heavy atom. The molecule has 1 aliphatic heterocycles. The number of pyridine rings is 1. The van der Waals surface area contributed by atoms with E-state index in [0.29, 0.717) is 34.9 Å². The SMILES string of the molecule is CNC(=O)C1=C(NC)N=CC(CC(=O)Nc2cncc(-c3ccc(Cl)cc3)c2)CC1. The van der Waals surface area contributed by atoms with Crippen LogP contribution < -0.4 is 16.0 Å². The summed E-state index contributed by atoms with van der Waals surface area (Å²) in [5, 5.41) is 9.15. The summed E-state index contributed by atoms with van der Waals surface area (Å²) in [6.45, 7) is 0. The first-order valence-electron chi connectivity index (χ1n) is 9.68. The van der Waals surface area contributed by atoms with Crippen molar-refractivity contribution in [2.75, 3.05) is 19.4 Å². The first kappa shape index (κ1) is 21.5. The average molecular weight is 426 g/mol. The molecule has 1 unspecified atom stereocenters. The van der Waals surface area contributed by atoms with E-state index in [1.54, 1.807) is 32.7 Å². The Morgan fingerprint density at radius 3 is 2.60 bits per heavy atom. The maximum Gasteiger partial charge on any atom is 0.250 e. The molecule has 156 valence electrons. The van der Waals surface area contributed by atoms with Crippen molar-refractivity contribution in [1.29, 1.82) is 0 Å². The molecule has 1 atom stereocenters. The molecule has 0 aliphatic carbocycles. The largest absolute Gasteiger partial charge is 0.373 e. The minimum atomic E-state index is -0.160. The first-order chi connectivity index (χ1) is 14.5. The van der Waals surface area contributed by atoms with Crippen LogP contribution in [0.4, 0.5) is 5.69 Å². The van der Waals surface area contributed by atoms with E-state index in [1.165, 1.54) is 0 Å². The topological polar surface area (TPSA) is 95.5 Å². The minimum absolute atomic E-state index is 0.0667. The maximum atomic E-state index is 12.6. The number of aliphatic imine (C=N–C) groups is 1. The molecule has 8 heteroatoms. The minimum Gasteiger partial charge on any atom is -0.373 e. The molecule has 7 nitrogen and oxygen atoms in total. The normalized spacial score (nSPS) is 16.0.